The zero-order valence-corrected chi connectivity index (χ0v) is 13.7. The van der Waals surface area contributed by atoms with Gasteiger partial charge in [-0.3, -0.25) is 4.79 Å². The average Bonchev–Trinajstić information content (AvgIpc) is 2.47. The fourth-order valence-electron chi connectivity index (χ4n) is 3.20. The van der Waals surface area contributed by atoms with E-state index in [9.17, 15) is 4.79 Å². The largest absolute Gasteiger partial charge is 0.382 e. The first-order valence-corrected chi connectivity index (χ1v) is 8.05. The maximum absolute atomic E-state index is 12.0. The number of hydrogen-bond acceptors (Lipinski definition) is 2. The normalized spacial score (nSPS) is 22.1. The molecule has 0 radical (unpaired) electrons. The van der Waals surface area contributed by atoms with E-state index in [1.54, 1.807) is 19.0 Å². The predicted molar refractivity (Wildman–Crippen MR) is 88.7 cm³/mol. The molecule has 0 spiro atoms. The van der Waals surface area contributed by atoms with Crippen LogP contribution in [-0.4, -0.2) is 30.9 Å². The van der Waals surface area contributed by atoms with Crippen LogP contribution in [0.5, 0.6) is 0 Å². The van der Waals surface area contributed by atoms with Crippen LogP contribution in [0.2, 0.25) is 0 Å². The highest BCUT2D eigenvalue weighted by Crippen LogP contribution is 2.31. The molecule has 21 heavy (non-hydrogen) atoms. The van der Waals surface area contributed by atoms with E-state index in [1.807, 2.05) is 18.2 Å². The van der Waals surface area contributed by atoms with Crippen LogP contribution in [0.15, 0.2) is 24.3 Å². The smallest absolute Gasteiger partial charge is 0.253 e. The minimum absolute atomic E-state index is 0.0577. The molecule has 1 aromatic rings. The maximum atomic E-state index is 12.0. The molecule has 0 aliphatic heterocycles. The van der Waals surface area contributed by atoms with Crippen molar-refractivity contribution < 1.29 is 4.79 Å². The van der Waals surface area contributed by atoms with E-state index in [0.717, 1.165) is 23.1 Å². The Labute approximate surface area is 128 Å². The lowest BCUT2D eigenvalue weighted by Crippen LogP contribution is -2.29. The SMILES string of the molecule is CC(C)C1CCCC(Nc2cccc(C(=O)N(C)C)c2)C1. The van der Waals surface area contributed by atoms with E-state index in [2.05, 4.69) is 25.2 Å². The Hall–Kier alpha value is -1.51. The van der Waals surface area contributed by atoms with Crippen molar-refractivity contribution in [3.05, 3.63) is 29.8 Å². The monoisotopic (exact) mass is 288 g/mol. The molecule has 1 aliphatic carbocycles. The molecule has 1 N–H and O–H groups in total. The standard InChI is InChI=1S/C18H28N2O/c1-13(2)14-7-5-9-16(11-14)19-17-10-6-8-15(12-17)18(21)20(3)4/h6,8,10,12-14,16,19H,5,7,9,11H2,1-4H3. The van der Waals surface area contributed by atoms with Gasteiger partial charge in [0, 0.05) is 31.4 Å². The highest BCUT2D eigenvalue weighted by atomic mass is 16.2. The molecular formula is C18H28N2O. The fourth-order valence-corrected chi connectivity index (χ4v) is 3.20. The number of amides is 1. The topological polar surface area (TPSA) is 32.3 Å². The van der Waals surface area contributed by atoms with E-state index in [-0.39, 0.29) is 5.91 Å². The quantitative estimate of drug-likeness (QED) is 0.907. The summed E-state index contributed by atoms with van der Waals surface area (Å²) in [6, 6.07) is 8.41. The lowest BCUT2D eigenvalue weighted by Gasteiger charge is -2.32. The van der Waals surface area contributed by atoms with Crippen LogP contribution in [0.3, 0.4) is 0 Å². The van der Waals surface area contributed by atoms with Crippen LogP contribution in [0.1, 0.15) is 49.9 Å². The van der Waals surface area contributed by atoms with Gasteiger partial charge in [0.2, 0.25) is 0 Å². The molecule has 2 atom stereocenters. The summed E-state index contributed by atoms with van der Waals surface area (Å²) in [5.41, 5.74) is 1.82. The van der Waals surface area contributed by atoms with E-state index < -0.39 is 0 Å². The zero-order valence-electron chi connectivity index (χ0n) is 13.7. The van der Waals surface area contributed by atoms with E-state index in [1.165, 1.54) is 25.7 Å². The summed E-state index contributed by atoms with van der Waals surface area (Å²) < 4.78 is 0. The van der Waals surface area contributed by atoms with Crippen LogP contribution < -0.4 is 5.32 Å². The molecule has 1 amide bonds. The van der Waals surface area contributed by atoms with Crippen LogP contribution in [0, 0.1) is 11.8 Å². The van der Waals surface area contributed by atoms with Gasteiger partial charge in [-0.25, -0.2) is 0 Å². The molecule has 0 aromatic heterocycles. The lowest BCUT2D eigenvalue weighted by molar-refractivity contribution is 0.0827. The molecule has 0 bridgehead atoms. The summed E-state index contributed by atoms with van der Waals surface area (Å²) in [7, 11) is 3.58. The first kappa shape index (κ1) is 15.9. The highest BCUT2D eigenvalue weighted by molar-refractivity contribution is 5.94. The van der Waals surface area contributed by atoms with Crippen molar-refractivity contribution in [2.75, 3.05) is 19.4 Å². The number of anilines is 1. The molecule has 1 saturated carbocycles. The second kappa shape index (κ2) is 6.97. The van der Waals surface area contributed by atoms with Crippen molar-refractivity contribution >= 4 is 11.6 Å². The molecule has 116 valence electrons. The molecule has 0 heterocycles. The number of nitrogens with zero attached hydrogens (tertiary/aromatic N) is 1. The minimum atomic E-state index is 0.0577. The van der Waals surface area contributed by atoms with Gasteiger partial charge in [-0.1, -0.05) is 32.8 Å². The van der Waals surface area contributed by atoms with Crippen molar-refractivity contribution in [2.45, 2.75) is 45.6 Å². The average molecular weight is 288 g/mol. The van der Waals surface area contributed by atoms with Crippen LogP contribution in [0.25, 0.3) is 0 Å². The molecule has 1 aliphatic rings. The minimum Gasteiger partial charge on any atom is -0.382 e. The summed E-state index contributed by atoms with van der Waals surface area (Å²) in [6.45, 7) is 4.65. The summed E-state index contributed by atoms with van der Waals surface area (Å²) in [6.07, 6.45) is 5.13. The van der Waals surface area contributed by atoms with Gasteiger partial charge in [0.1, 0.15) is 0 Å². The van der Waals surface area contributed by atoms with Crippen LogP contribution in [0.4, 0.5) is 5.69 Å². The van der Waals surface area contributed by atoms with Gasteiger partial charge < -0.3 is 10.2 Å². The Morgan fingerprint density at radius 1 is 1.29 bits per heavy atom. The Bertz CT molecular complexity index is 482. The summed E-state index contributed by atoms with van der Waals surface area (Å²) in [5, 5.41) is 3.63. The van der Waals surface area contributed by atoms with Crippen molar-refractivity contribution in [1.29, 1.82) is 0 Å². The molecule has 1 fully saturated rings. The van der Waals surface area contributed by atoms with Gasteiger partial charge in [-0.15, -0.1) is 0 Å². The van der Waals surface area contributed by atoms with E-state index >= 15 is 0 Å². The third-order valence-electron chi connectivity index (χ3n) is 4.54. The Morgan fingerprint density at radius 3 is 2.71 bits per heavy atom. The number of rotatable bonds is 4. The van der Waals surface area contributed by atoms with Gasteiger partial charge in [0.15, 0.2) is 0 Å². The predicted octanol–water partition coefficient (Wildman–Crippen LogP) is 4.02. The van der Waals surface area contributed by atoms with E-state index in [0.29, 0.717) is 6.04 Å². The van der Waals surface area contributed by atoms with Gasteiger partial charge in [0.25, 0.3) is 5.91 Å². The Kier molecular flexibility index (Phi) is 5.27. The maximum Gasteiger partial charge on any atom is 0.253 e. The number of hydrogen-bond donors (Lipinski definition) is 1. The second-order valence-electron chi connectivity index (χ2n) is 6.79. The molecule has 0 saturated heterocycles. The number of benzene rings is 1. The van der Waals surface area contributed by atoms with Crippen LogP contribution >= 0.6 is 0 Å². The van der Waals surface area contributed by atoms with Crippen molar-refractivity contribution in [1.82, 2.24) is 4.90 Å². The van der Waals surface area contributed by atoms with Gasteiger partial charge >= 0.3 is 0 Å². The second-order valence-corrected chi connectivity index (χ2v) is 6.79. The highest BCUT2D eigenvalue weighted by Gasteiger charge is 2.24. The molecular weight excluding hydrogens is 260 g/mol. The van der Waals surface area contributed by atoms with Crippen molar-refractivity contribution in [3.63, 3.8) is 0 Å². The van der Waals surface area contributed by atoms with Crippen LogP contribution in [-0.2, 0) is 0 Å². The molecule has 3 heteroatoms. The molecule has 2 unspecified atom stereocenters. The van der Waals surface area contributed by atoms with Crippen molar-refractivity contribution in [2.24, 2.45) is 11.8 Å². The Morgan fingerprint density at radius 2 is 2.05 bits per heavy atom. The van der Waals surface area contributed by atoms with Gasteiger partial charge in [-0.05, 0) is 42.9 Å². The third-order valence-corrected chi connectivity index (χ3v) is 4.54. The third kappa shape index (κ3) is 4.23. The number of carbonyl (C=O) groups excluding carboxylic acids is 1. The molecule has 2 rings (SSSR count). The summed E-state index contributed by atoms with van der Waals surface area (Å²) in [4.78, 5) is 13.6. The number of nitrogens with one attached hydrogen (secondary N) is 1. The summed E-state index contributed by atoms with van der Waals surface area (Å²) >= 11 is 0. The van der Waals surface area contributed by atoms with E-state index in [4.69, 9.17) is 0 Å². The first-order chi connectivity index (χ1) is 9.97. The van der Waals surface area contributed by atoms with Crippen molar-refractivity contribution in [3.8, 4) is 0 Å². The first-order valence-electron chi connectivity index (χ1n) is 8.05. The molecule has 3 nitrogen and oxygen atoms in total. The van der Waals surface area contributed by atoms with Gasteiger partial charge in [0.05, 0.1) is 0 Å². The lowest BCUT2D eigenvalue weighted by atomic mass is 9.79. The fraction of sp³-hybridized carbons (Fsp3) is 0.611. The zero-order chi connectivity index (χ0) is 15.4. The van der Waals surface area contributed by atoms with Gasteiger partial charge in [-0.2, -0.15) is 0 Å². The summed E-state index contributed by atoms with van der Waals surface area (Å²) in [5.74, 6) is 1.64. The number of carbonyl (C=O) groups is 1. The molecule has 1 aromatic carbocycles. The Balaban J connectivity index is 2.02.